The van der Waals surface area contributed by atoms with Gasteiger partial charge in [0.1, 0.15) is 5.70 Å². The topological polar surface area (TPSA) is 67.9 Å². The second-order valence-electron chi connectivity index (χ2n) is 7.09. The molecule has 0 saturated carbocycles. The van der Waals surface area contributed by atoms with Crippen molar-refractivity contribution >= 4 is 28.8 Å². The van der Waals surface area contributed by atoms with Crippen LogP contribution >= 0.6 is 0 Å². The van der Waals surface area contributed by atoms with Gasteiger partial charge >= 0.3 is 0 Å². The largest absolute Gasteiger partial charge is 0.493 e. The number of carbonyl (C=O) groups excluding carboxylic acids is 2. The number of ether oxygens (including phenoxy) is 2. The standard InChI is InChI=1S/C25H22N2O4/c1-16-9-11-18(12-10-16)26-23-22(17-7-5-4-6-8-17)24(28)27(25(23)29)19-13-14-20(30-2)21(15-19)31-3/h4-15,26H,1-3H3. The van der Waals surface area contributed by atoms with E-state index >= 15 is 0 Å². The zero-order valence-corrected chi connectivity index (χ0v) is 17.5. The zero-order chi connectivity index (χ0) is 22.0. The van der Waals surface area contributed by atoms with E-state index in [9.17, 15) is 9.59 Å². The van der Waals surface area contributed by atoms with Crippen molar-refractivity contribution in [3.8, 4) is 11.5 Å². The fourth-order valence-electron chi connectivity index (χ4n) is 3.50. The van der Waals surface area contributed by atoms with E-state index in [0.717, 1.165) is 16.2 Å². The Morgan fingerprint density at radius 2 is 1.45 bits per heavy atom. The monoisotopic (exact) mass is 414 g/mol. The van der Waals surface area contributed by atoms with Crippen LogP contribution in [0.5, 0.6) is 11.5 Å². The molecule has 1 aliphatic rings. The van der Waals surface area contributed by atoms with Crippen molar-refractivity contribution in [2.24, 2.45) is 0 Å². The lowest BCUT2D eigenvalue weighted by Gasteiger charge is -2.17. The first-order valence-electron chi connectivity index (χ1n) is 9.77. The van der Waals surface area contributed by atoms with Crippen LogP contribution in [0.15, 0.2) is 78.5 Å². The number of anilines is 2. The summed E-state index contributed by atoms with van der Waals surface area (Å²) in [4.78, 5) is 28.1. The lowest BCUT2D eigenvalue weighted by molar-refractivity contribution is -0.120. The number of methoxy groups -OCH3 is 2. The summed E-state index contributed by atoms with van der Waals surface area (Å²) < 4.78 is 10.6. The number of rotatable bonds is 6. The maximum atomic E-state index is 13.5. The molecule has 4 rings (SSSR count). The fraction of sp³-hybridized carbons (Fsp3) is 0.120. The van der Waals surface area contributed by atoms with E-state index in [1.165, 1.54) is 14.2 Å². The van der Waals surface area contributed by atoms with E-state index in [2.05, 4.69) is 5.32 Å². The SMILES string of the molecule is COc1ccc(N2C(=O)C(Nc3ccc(C)cc3)=C(c3ccccc3)C2=O)cc1OC. The number of nitrogens with zero attached hydrogens (tertiary/aromatic N) is 1. The summed E-state index contributed by atoms with van der Waals surface area (Å²) in [6, 6.07) is 21.8. The van der Waals surface area contributed by atoms with Gasteiger partial charge in [-0.2, -0.15) is 0 Å². The fourth-order valence-corrected chi connectivity index (χ4v) is 3.50. The summed E-state index contributed by atoms with van der Waals surface area (Å²) in [6.07, 6.45) is 0. The maximum absolute atomic E-state index is 13.5. The second kappa shape index (κ2) is 8.36. The minimum Gasteiger partial charge on any atom is -0.493 e. The van der Waals surface area contributed by atoms with E-state index < -0.39 is 11.8 Å². The molecule has 156 valence electrons. The third-order valence-electron chi connectivity index (χ3n) is 5.09. The Bertz CT molecular complexity index is 1170. The van der Waals surface area contributed by atoms with Gasteiger partial charge in [-0.3, -0.25) is 9.59 Å². The van der Waals surface area contributed by atoms with Gasteiger partial charge in [-0.25, -0.2) is 4.90 Å². The van der Waals surface area contributed by atoms with Crippen LogP contribution in [0.3, 0.4) is 0 Å². The minimum absolute atomic E-state index is 0.231. The number of amides is 2. The van der Waals surface area contributed by atoms with Crippen LogP contribution in [0.1, 0.15) is 11.1 Å². The molecular formula is C25H22N2O4. The normalized spacial score (nSPS) is 13.6. The van der Waals surface area contributed by atoms with Gasteiger partial charge in [0.2, 0.25) is 0 Å². The van der Waals surface area contributed by atoms with Crippen LogP contribution in [0.25, 0.3) is 5.57 Å². The van der Waals surface area contributed by atoms with Crippen LogP contribution in [-0.4, -0.2) is 26.0 Å². The Morgan fingerprint density at radius 3 is 2.10 bits per heavy atom. The molecule has 0 fully saturated rings. The third kappa shape index (κ3) is 3.75. The predicted octanol–water partition coefficient (Wildman–Crippen LogP) is 4.41. The molecule has 31 heavy (non-hydrogen) atoms. The average Bonchev–Trinajstić information content (AvgIpc) is 3.04. The van der Waals surface area contributed by atoms with Crippen molar-refractivity contribution in [3.63, 3.8) is 0 Å². The summed E-state index contributed by atoms with van der Waals surface area (Å²) in [6.45, 7) is 1.99. The molecule has 6 heteroatoms. The summed E-state index contributed by atoms with van der Waals surface area (Å²) in [5.41, 5.74) is 3.45. The van der Waals surface area contributed by atoms with E-state index in [1.54, 1.807) is 18.2 Å². The Balaban J connectivity index is 1.80. The van der Waals surface area contributed by atoms with E-state index in [-0.39, 0.29) is 5.70 Å². The molecule has 1 aliphatic heterocycles. The van der Waals surface area contributed by atoms with Crippen LogP contribution < -0.4 is 19.7 Å². The number of nitrogens with one attached hydrogen (secondary N) is 1. The molecule has 0 atom stereocenters. The first kappa shape index (κ1) is 20.2. The summed E-state index contributed by atoms with van der Waals surface area (Å²) in [5.74, 6) is 0.107. The second-order valence-corrected chi connectivity index (χ2v) is 7.09. The predicted molar refractivity (Wildman–Crippen MR) is 120 cm³/mol. The molecule has 1 heterocycles. The lowest BCUT2D eigenvalue weighted by Crippen LogP contribution is -2.32. The smallest absolute Gasteiger partial charge is 0.282 e. The first-order chi connectivity index (χ1) is 15.0. The number of benzene rings is 3. The van der Waals surface area contributed by atoms with Crippen molar-refractivity contribution in [2.45, 2.75) is 6.92 Å². The van der Waals surface area contributed by atoms with Gasteiger partial charge in [0.05, 0.1) is 25.5 Å². The Labute approximate surface area is 180 Å². The number of hydrogen-bond donors (Lipinski definition) is 1. The van der Waals surface area contributed by atoms with Gasteiger partial charge in [0, 0.05) is 11.8 Å². The van der Waals surface area contributed by atoms with Gasteiger partial charge in [-0.05, 0) is 36.8 Å². The average molecular weight is 414 g/mol. The Morgan fingerprint density at radius 1 is 0.774 bits per heavy atom. The number of aryl methyl sites for hydroxylation is 1. The molecule has 3 aromatic carbocycles. The zero-order valence-electron chi connectivity index (χ0n) is 17.5. The summed E-state index contributed by atoms with van der Waals surface area (Å²) in [5, 5.41) is 3.16. The molecule has 0 unspecified atom stereocenters. The van der Waals surface area contributed by atoms with E-state index in [1.807, 2.05) is 61.5 Å². The van der Waals surface area contributed by atoms with Crippen molar-refractivity contribution in [3.05, 3.63) is 89.6 Å². The van der Waals surface area contributed by atoms with Gasteiger partial charge in [0.15, 0.2) is 11.5 Å². The highest BCUT2D eigenvalue weighted by atomic mass is 16.5. The third-order valence-corrected chi connectivity index (χ3v) is 5.09. The molecule has 3 aromatic rings. The minimum atomic E-state index is -0.434. The van der Waals surface area contributed by atoms with Gasteiger partial charge < -0.3 is 14.8 Å². The van der Waals surface area contributed by atoms with Crippen molar-refractivity contribution < 1.29 is 19.1 Å². The molecular weight excluding hydrogens is 392 g/mol. The molecule has 1 N–H and O–H groups in total. The van der Waals surface area contributed by atoms with Crippen LogP contribution in [0, 0.1) is 6.92 Å². The van der Waals surface area contributed by atoms with Gasteiger partial charge in [-0.1, -0.05) is 48.0 Å². The lowest BCUT2D eigenvalue weighted by atomic mass is 10.0. The Kier molecular flexibility index (Phi) is 5.45. The van der Waals surface area contributed by atoms with Gasteiger partial charge in [0.25, 0.3) is 11.8 Å². The van der Waals surface area contributed by atoms with Crippen molar-refractivity contribution in [2.75, 3.05) is 24.4 Å². The molecule has 0 saturated heterocycles. The molecule has 0 bridgehead atoms. The molecule has 6 nitrogen and oxygen atoms in total. The Hall–Kier alpha value is -4.06. The molecule has 0 spiro atoms. The van der Waals surface area contributed by atoms with Crippen LogP contribution in [-0.2, 0) is 9.59 Å². The maximum Gasteiger partial charge on any atom is 0.282 e. The summed E-state index contributed by atoms with van der Waals surface area (Å²) >= 11 is 0. The number of imide groups is 1. The molecule has 0 aliphatic carbocycles. The highest BCUT2D eigenvalue weighted by Crippen LogP contribution is 2.37. The highest BCUT2D eigenvalue weighted by Gasteiger charge is 2.40. The summed E-state index contributed by atoms with van der Waals surface area (Å²) in [7, 11) is 3.04. The van der Waals surface area contributed by atoms with Gasteiger partial charge in [-0.15, -0.1) is 0 Å². The molecule has 0 radical (unpaired) electrons. The number of carbonyl (C=O) groups is 2. The van der Waals surface area contributed by atoms with Crippen molar-refractivity contribution in [1.29, 1.82) is 0 Å². The quantitative estimate of drug-likeness (QED) is 0.605. The van der Waals surface area contributed by atoms with Crippen LogP contribution in [0.2, 0.25) is 0 Å². The van der Waals surface area contributed by atoms with Crippen LogP contribution in [0.4, 0.5) is 11.4 Å². The van der Waals surface area contributed by atoms with Crippen molar-refractivity contribution in [1.82, 2.24) is 0 Å². The highest BCUT2D eigenvalue weighted by molar-refractivity contribution is 6.46. The molecule has 2 amide bonds. The number of hydrogen-bond acceptors (Lipinski definition) is 5. The first-order valence-corrected chi connectivity index (χ1v) is 9.77. The molecule has 0 aromatic heterocycles. The van der Waals surface area contributed by atoms with E-state index in [4.69, 9.17) is 9.47 Å². The van der Waals surface area contributed by atoms with E-state index in [0.29, 0.717) is 28.3 Å².